The van der Waals surface area contributed by atoms with Crippen LogP contribution in [0.4, 0.5) is 0 Å². The van der Waals surface area contributed by atoms with E-state index in [2.05, 4.69) is 4.90 Å². The molecule has 0 saturated carbocycles. The Morgan fingerprint density at radius 3 is 2.89 bits per heavy atom. The van der Waals surface area contributed by atoms with Gasteiger partial charge in [-0.15, -0.1) is 0 Å². The molecule has 1 fully saturated rings. The molecule has 1 unspecified atom stereocenters. The number of halogens is 1. The second kappa shape index (κ2) is 5.20. The molecule has 1 aliphatic rings. The maximum Gasteiger partial charge on any atom is 0.310 e. The number of carboxylic acid groups (broad SMARTS) is 1. The van der Waals surface area contributed by atoms with Crippen LogP contribution >= 0.6 is 11.6 Å². The molecule has 1 heterocycles. The fourth-order valence-electron chi connectivity index (χ4n) is 2.35. The fourth-order valence-corrected chi connectivity index (χ4v) is 2.59. The van der Waals surface area contributed by atoms with Crippen LogP contribution in [0.2, 0.25) is 5.02 Å². The number of aliphatic carboxylic acids is 1. The van der Waals surface area contributed by atoms with Gasteiger partial charge in [0, 0.05) is 18.1 Å². The van der Waals surface area contributed by atoms with Crippen molar-refractivity contribution in [1.82, 2.24) is 4.90 Å². The van der Waals surface area contributed by atoms with Crippen molar-refractivity contribution in [2.24, 2.45) is 5.41 Å². The van der Waals surface area contributed by atoms with Crippen molar-refractivity contribution < 1.29 is 9.90 Å². The first-order chi connectivity index (χ1) is 8.94. The zero-order valence-electron chi connectivity index (χ0n) is 10.7. The first-order valence-electron chi connectivity index (χ1n) is 6.09. The lowest BCUT2D eigenvalue weighted by molar-refractivity contribution is -0.147. The van der Waals surface area contributed by atoms with Gasteiger partial charge in [-0.05, 0) is 37.6 Å². The van der Waals surface area contributed by atoms with Gasteiger partial charge in [-0.2, -0.15) is 5.26 Å². The average molecular weight is 279 g/mol. The second-order valence-electron chi connectivity index (χ2n) is 5.24. The molecule has 19 heavy (non-hydrogen) atoms. The SMILES string of the molecule is CC1(C(=O)O)CCN(Cc2ccc(C#N)cc2Cl)C1. The molecule has 0 radical (unpaired) electrons. The van der Waals surface area contributed by atoms with Crippen LogP contribution in [0.15, 0.2) is 18.2 Å². The maximum absolute atomic E-state index is 11.2. The Kier molecular flexibility index (Phi) is 3.79. The highest BCUT2D eigenvalue weighted by molar-refractivity contribution is 6.31. The number of carbonyl (C=O) groups is 1. The van der Waals surface area contributed by atoms with Crippen LogP contribution in [-0.2, 0) is 11.3 Å². The number of rotatable bonds is 3. The first kappa shape index (κ1) is 13.9. The van der Waals surface area contributed by atoms with E-state index in [0.29, 0.717) is 30.1 Å². The molecule has 0 aliphatic carbocycles. The Hall–Kier alpha value is -1.57. The van der Waals surface area contributed by atoms with Crippen molar-refractivity contribution in [2.45, 2.75) is 19.9 Å². The number of nitriles is 1. The standard InChI is InChI=1S/C14H15ClN2O2/c1-14(13(18)19)4-5-17(9-14)8-11-3-2-10(7-16)6-12(11)15/h2-3,6H,4-5,8-9H2,1H3,(H,18,19). The van der Waals surface area contributed by atoms with E-state index in [9.17, 15) is 9.90 Å². The summed E-state index contributed by atoms with van der Waals surface area (Å²) >= 11 is 6.13. The summed E-state index contributed by atoms with van der Waals surface area (Å²) in [6.45, 7) is 3.67. The van der Waals surface area contributed by atoms with Crippen LogP contribution in [0.1, 0.15) is 24.5 Å². The molecule has 0 spiro atoms. The van der Waals surface area contributed by atoms with E-state index < -0.39 is 11.4 Å². The number of benzene rings is 1. The van der Waals surface area contributed by atoms with Gasteiger partial charge in [0.05, 0.1) is 17.0 Å². The van der Waals surface area contributed by atoms with Gasteiger partial charge in [-0.3, -0.25) is 9.69 Å². The molecule has 100 valence electrons. The Bertz CT molecular complexity index is 553. The van der Waals surface area contributed by atoms with Crippen molar-refractivity contribution in [2.75, 3.05) is 13.1 Å². The maximum atomic E-state index is 11.2. The van der Waals surface area contributed by atoms with Crippen molar-refractivity contribution in [3.8, 4) is 6.07 Å². The minimum absolute atomic E-state index is 0.526. The van der Waals surface area contributed by atoms with E-state index in [1.54, 1.807) is 19.1 Å². The van der Waals surface area contributed by atoms with Gasteiger partial charge < -0.3 is 5.11 Å². The molecule has 1 atom stereocenters. The number of nitrogens with zero attached hydrogens (tertiary/aromatic N) is 2. The summed E-state index contributed by atoms with van der Waals surface area (Å²) in [6.07, 6.45) is 0.649. The smallest absolute Gasteiger partial charge is 0.310 e. The summed E-state index contributed by atoms with van der Waals surface area (Å²) in [5.74, 6) is -0.749. The van der Waals surface area contributed by atoms with E-state index in [0.717, 1.165) is 12.1 Å². The van der Waals surface area contributed by atoms with E-state index in [1.807, 2.05) is 12.1 Å². The molecule has 2 rings (SSSR count). The van der Waals surface area contributed by atoms with Crippen LogP contribution in [-0.4, -0.2) is 29.1 Å². The van der Waals surface area contributed by atoms with Crippen molar-refractivity contribution in [3.05, 3.63) is 34.3 Å². The van der Waals surface area contributed by atoms with Gasteiger partial charge in [0.1, 0.15) is 0 Å². The van der Waals surface area contributed by atoms with Gasteiger partial charge in [0.15, 0.2) is 0 Å². The molecule has 1 saturated heterocycles. The zero-order chi connectivity index (χ0) is 14.0. The molecule has 4 nitrogen and oxygen atoms in total. The minimum Gasteiger partial charge on any atom is -0.481 e. The molecule has 0 bridgehead atoms. The number of carboxylic acids is 1. The van der Waals surface area contributed by atoms with Crippen LogP contribution < -0.4 is 0 Å². The number of hydrogen-bond acceptors (Lipinski definition) is 3. The Balaban J connectivity index is 2.08. The molecular formula is C14H15ClN2O2. The summed E-state index contributed by atoms with van der Waals surface area (Å²) in [4.78, 5) is 13.3. The zero-order valence-corrected chi connectivity index (χ0v) is 11.4. The third kappa shape index (κ3) is 2.89. The van der Waals surface area contributed by atoms with Gasteiger partial charge in [-0.1, -0.05) is 17.7 Å². The first-order valence-corrected chi connectivity index (χ1v) is 6.47. The lowest BCUT2D eigenvalue weighted by atomic mass is 9.90. The second-order valence-corrected chi connectivity index (χ2v) is 5.65. The van der Waals surface area contributed by atoms with Gasteiger partial charge in [0.25, 0.3) is 0 Å². The van der Waals surface area contributed by atoms with Crippen LogP contribution in [0.5, 0.6) is 0 Å². The lowest BCUT2D eigenvalue weighted by Crippen LogP contribution is -2.31. The third-order valence-corrected chi connectivity index (χ3v) is 4.00. The molecule has 5 heteroatoms. The Morgan fingerprint density at radius 1 is 1.63 bits per heavy atom. The van der Waals surface area contributed by atoms with E-state index in [1.165, 1.54) is 0 Å². The minimum atomic E-state index is -0.749. The summed E-state index contributed by atoms with van der Waals surface area (Å²) in [5.41, 5.74) is 0.792. The quantitative estimate of drug-likeness (QED) is 0.923. The summed E-state index contributed by atoms with van der Waals surface area (Å²) < 4.78 is 0. The van der Waals surface area contributed by atoms with Crippen molar-refractivity contribution in [1.29, 1.82) is 5.26 Å². The third-order valence-electron chi connectivity index (χ3n) is 3.64. The lowest BCUT2D eigenvalue weighted by Gasteiger charge is -2.20. The van der Waals surface area contributed by atoms with Gasteiger partial charge in [-0.25, -0.2) is 0 Å². The summed E-state index contributed by atoms with van der Waals surface area (Å²) in [5, 5.41) is 18.5. The normalized spacial score (nSPS) is 23.2. The molecule has 1 aromatic rings. The highest BCUT2D eigenvalue weighted by atomic mass is 35.5. The summed E-state index contributed by atoms with van der Waals surface area (Å²) in [7, 11) is 0. The predicted octanol–water partition coefficient (Wildman–Crippen LogP) is 2.51. The topological polar surface area (TPSA) is 64.3 Å². The largest absolute Gasteiger partial charge is 0.481 e. The highest BCUT2D eigenvalue weighted by Gasteiger charge is 2.40. The molecule has 1 aromatic carbocycles. The summed E-state index contributed by atoms with van der Waals surface area (Å²) in [6, 6.07) is 7.24. The Labute approximate surface area is 117 Å². The molecule has 1 aliphatic heterocycles. The van der Waals surface area contributed by atoms with Crippen molar-refractivity contribution >= 4 is 17.6 Å². The van der Waals surface area contributed by atoms with E-state index >= 15 is 0 Å². The molecule has 1 N–H and O–H groups in total. The monoisotopic (exact) mass is 278 g/mol. The van der Waals surface area contributed by atoms with Crippen LogP contribution in [0.25, 0.3) is 0 Å². The molecular weight excluding hydrogens is 264 g/mol. The van der Waals surface area contributed by atoms with Crippen molar-refractivity contribution in [3.63, 3.8) is 0 Å². The van der Waals surface area contributed by atoms with E-state index in [4.69, 9.17) is 16.9 Å². The predicted molar refractivity (Wildman–Crippen MR) is 71.8 cm³/mol. The van der Waals surface area contributed by atoms with Crippen LogP contribution in [0, 0.1) is 16.7 Å². The molecule has 0 amide bonds. The number of hydrogen-bond donors (Lipinski definition) is 1. The average Bonchev–Trinajstić information content (AvgIpc) is 2.75. The highest BCUT2D eigenvalue weighted by Crippen LogP contribution is 2.32. The molecule has 0 aromatic heterocycles. The van der Waals surface area contributed by atoms with Crippen LogP contribution in [0.3, 0.4) is 0 Å². The Morgan fingerprint density at radius 2 is 2.37 bits per heavy atom. The number of likely N-dealkylation sites (tertiary alicyclic amines) is 1. The van der Waals surface area contributed by atoms with Gasteiger partial charge in [0.2, 0.25) is 0 Å². The van der Waals surface area contributed by atoms with Gasteiger partial charge >= 0.3 is 5.97 Å². The fraction of sp³-hybridized carbons (Fsp3) is 0.429. The van der Waals surface area contributed by atoms with E-state index in [-0.39, 0.29) is 0 Å².